The van der Waals surface area contributed by atoms with Gasteiger partial charge in [-0.25, -0.2) is 4.98 Å². The predicted octanol–water partition coefficient (Wildman–Crippen LogP) is 2.76. The molecular formula is C18H13N5O2S. The number of H-pyrrole nitrogens is 1. The molecule has 4 rings (SSSR count). The van der Waals surface area contributed by atoms with Crippen LogP contribution >= 0.6 is 11.3 Å². The van der Waals surface area contributed by atoms with Crippen LogP contribution in [0.25, 0.3) is 21.5 Å². The van der Waals surface area contributed by atoms with E-state index in [0.717, 1.165) is 16.0 Å². The summed E-state index contributed by atoms with van der Waals surface area (Å²) in [6.45, 7) is 0. The first-order valence-corrected chi connectivity index (χ1v) is 8.64. The van der Waals surface area contributed by atoms with Crippen LogP contribution in [0.1, 0.15) is 21.0 Å². The third-order valence-corrected chi connectivity index (χ3v) is 4.62. The molecule has 0 atom stereocenters. The van der Waals surface area contributed by atoms with Gasteiger partial charge in [-0.2, -0.15) is 5.10 Å². The van der Waals surface area contributed by atoms with E-state index in [0.29, 0.717) is 5.52 Å². The van der Waals surface area contributed by atoms with Crippen LogP contribution in [0, 0.1) is 0 Å². The zero-order valence-corrected chi connectivity index (χ0v) is 14.2. The molecule has 3 aromatic heterocycles. The number of aromatic amines is 1. The fraction of sp³-hybridized carbons (Fsp3) is 0. The summed E-state index contributed by atoms with van der Waals surface area (Å²) in [5.41, 5.74) is 6.54. The van der Waals surface area contributed by atoms with Crippen molar-refractivity contribution >= 4 is 34.1 Å². The van der Waals surface area contributed by atoms with E-state index in [-0.39, 0.29) is 11.4 Å². The molecule has 0 bridgehead atoms. The molecule has 0 unspecified atom stereocenters. The minimum Gasteiger partial charge on any atom is -0.276 e. The molecule has 0 spiro atoms. The molecule has 0 saturated carbocycles. The van der Waals surface area contributed by atoms with Crippen molar-refractivity contribution in [3.8, 4) is 10.6 Å². The Morgan fingerprint density at radius 1 is 0.923 bits per heavy atom. The van der Waals surface area contributed by atoms with Crippen molar-refractivity contribution in [1.29, 1.82) is 0 Å². The number of nitrogens with one attached hydrogen (secondary N) is 3. The van der Waals surface area contributed by atoms with Crippen LogP contribution in [0.5, 0.6) is 0 Å². The lowest BCUT2D eigenvalue weighted by Gasteiger charge is -2.06. The molecule has 0 fully saturated rings. The lowest BCUT2D eigenvalue weighted by Crippen LogP contribution is -2.42. The van der Waals surface area contributed by atoms with Gasteiger partial charge >= 0.3 is 0 Å². The number of rotatable bonds is 3. The minimum atomic E-state index is -0.516. The molecule has 0 radical (unpaired) electrons. The van der Waals surface area contributed by atoms with Crippen molar-refractivity contribution in [2.45, 2.75) is 0 Å². The standard InChI is InChI=1S/C18H13N5O2S/c24-17(13-8-7-11-4-1-2-5-12(11)19-13)22-23-18(25)15-10-14(20-21-15)16-6-3-9-26-16/h1-10H,(H,20,21)(H,22,24)(H,23,25). The number of para-hydroxylation sites is 1. The highest BCUT2D eigenvalue weighted by Crippen LogP contribution is 2.22. The molecule has 0 aliphatic carbocycles. The largest absolute Gasteiger partial charge is 0.290 e. The molecule has 1 aromatic carbocycles. The fourth-order valence-corrected chi connectivity index (χ4v) is 3.12. The Balaban J connectivity index is 1.42. The van der Waals surface area contributed by atoms with Crippen LogP contribution in [0.2, 0.25) is 0 Å². The van der Waals surface area contributed by atoms with Gasteiger partial charge in [0.15, 0.2) is 5.69 Å². The summed E-state index contributed by atoms with van der Waals surface area (Å²) in [6, 6.07) is 16.4. The van der Waals surface area contributed by atoms with Gasteiger partial charge in [-0.3, -0.25) is 25.5 Å². The van der Waals surface area contributed by atoms with Crippen LogP contribution in [-0.4, -0.2) is 27.0 Å². The van der Waals surface area contributed by atoms with Crippen LogP contribution in [-0.2, 0) is 0 Å². The van der Waals surface area contributed by atoms with Gasteiger partial charge in [0.05, 0.1) is 16.1 Å². The van der Waals surface area contributed by atoms with E-state index in [1.165, 1.54) is 11.3 Å². The van der Waals surface area contributed by atoms with E-state index in [2.05, 4.69) is 26.0 Å². The number of nitrogens with zero attached hydrogens (tertiary/aromatic N) is 2. The van der Waals surface area contributed by atoms with Gasteiger partial charge in [-0.15, -0.1) is 11.3 Å². The Labute approximate surface area is 152 Å². The number of hydrazine groups is 1. The van der Waals surface area contributed by atoms with Crippen molar-refractivity contribution in [2.75, 3.05) is 0 Å². The minimum absolute atomic E-state index is 0.181. The maximum Gasteiger partial charge on any atom is 0.290 e. The number of hydrogen-bond acceptors (Lipinski definition) is 5. The van der Waals surface area contributed by atoms with Gasteiger partial charge in [0.1, 0.15) is 5.69 Å². The highest BCUT2D eigenvalue weighted by Gasteiger charge is 2.14. The van der Waals surface area contributed by atoms with E-state index >= 15 is 0 Å². The summed E-state index contributed by atoms with van der Waals surface area (Å²) in [7, 11) is 0. The van der Waals surface area contributed by atoms with Crippen LogP contribution < -0.4 is 10.9 Å². The second-order valence-electron chi connectivity index (χ2n) is 5.44. The van der Waals surface area contributed by atoms with Crippen LogP contribution in [0.15, 0.2) is 60.0 Å². The summed E-state index contributed by atoms with van der Waals surface area (Å²) < 4.78 is 0. The first kappa shape index (κ1) is 16.0. The third kappa shape index (κ3) is 3.17. The quantitative estimate of drug-likeness (QED) is 0.487. The number of pyridine rings is 1. The zero-order chi connectivity index (χ0) is 17.9. The topological polar surface area (TPSA) is 99.8 Å². The number of thiophene rings is 1. The number of benzene rings is 1. The van der Waals surface area contributed by atoms with E-state index < -0.39 is 11.8 Å². The van der Waals surface area contributed by atoms with Gasteiger partial charge in [-0.05, 0) is 29.6 Å². The smallest absolute Gasteiger partial charge is 0.276 e. The Hall–Kier alpha value is -3.52. The summed E-state index contributed by atoms with van der Waals surface area (Å²) in [5, 5.41) is 9.64. The molecule has 0 aliphatic rings. The van der Waals surface area contributed by atoms with Crippen LogP contribution in [0.4, 0.5) is 0 Å². The highest BCUT2D eigenvalue weighted by atomic mass is 32.1. The predicted molar refractivity (Wildman–Crippen MR) is 98.6 cm³/mol. The Morgan fingerprint density at radius 3 is 2.54 bits per heavy atom. The third-order valence-electron chi connectivity index (χ3n) is 3.72. The first-order valence-electron chi connectivity index (χ1n) is 7.76. The molecule has 8 heteroatoms. The lowest BCUT2D eigenvalue weighted by atomic mass is 10.2. The number of carbonyl (C=O) groups excluding carboxylic acids is 2. The van der Waals surface area contributed by atoms with Gasteiger partial charge in [0, 0.05) is 5.39 Å². The molecule has 26 heavy (non-hydrogen) atoms. The first-order chi connectivity index (χ1) is 12.7. The molecule has 0 aliphatic heterocycles. The normalized spacial score (nSPS) is 10.6. The second-order valence-corrected chi connectivity index (χ2v) is 6.39. The number of hydrogen-bond donors (Lipinski definition) is 3. The molecule has 7 nitrogen and oxygen atoms in total. The van der Waals surface area contributed by atoms with Gasteiger partial charge in [0.25, 0.3) is 11.8 Å². The average Bonchev–Trinajstić information content (AvgIpc) is 3.36. The van der Waals surface area contributed by atoms with Crippen molar-refractivity contribution in [3.63, 3.8) is 0 Å². The summed E-state index contributed by atoms with van der Waals surface area (Å²) in [6.07, 6.45) is 0. The molecule has 0 saturated heterocycles. The fourth-order valence-electron chi connectivity index (χ4n) is 2.43. The van der Waals surface area contributed by atoms with Crippen molar-refractivity contribution in [2.24, 2.45) is 0 Å². The number of aromatic nitrogens is 3. The number of amides is 2. The molecule has 3 N–H and O–H groups in total. The summed E-state index contributed by atoms with van der Waals surface area (Å²) >= 11 is 1.54. The van der Waals surface area contributed by atoms with Crippen molar-refractivity contribution in [3.05, 3.63) is 71.4 Å². The van der Waals surface area contributed by atoms with E-state index in [1.54, 1.807) is 18.2 Å². The van der Waals surface area contributed by atoms with Crippen molar-refractivity contribution in [1.82, 2.24) is 26.0 Å². The number of fused-ring (bicyclic) bond motifs is 1. The van der Waals surface area contributed by atoms with E-state index in [4.69, 9.17) is 0 Å². The Bertz CT molecular complexity index is 1090. The molecule has 4 aromatic rings. The summed E-state index contributed by atoms with van der Waals surface area (Å²) in [4.78, 5) is 29.6. The molecule has 3 heterocycles. The maximum absolute atomic E-state index is 12.2. The molecule has 128 valence electrons. The van der Waals surface area contributed by atoms with E-state index in [9.17, 15) is 9.59 Å². The van der Waals surface area contributed by atoms with Crippen molar-refractivity contribution < 1.29 is 9.59 Å². The Morgan fingerprint density at radius 2 is 1.73 bits per heavy atom. The Kier molecular flexibility index (Phi) is 4.16. The van der Waals surface area contributed by atoms with Gasteiger partial charge < -0.3 is 0 Å². The lowest BCUT2D eigenvalue weighted by molar-refractivity contribution is 0.0841. The highest BCUT2D eigenvalue weighted by molar-refractivity contribution is 7.13. The average molecular weight is 363 g/mol. The van der Waals surface area contributed by atoms with Gasteiger partial charge in [0.2, 0.25) is 0 Å². The number of carbonyl (C=O) groups is 2. The second kappa shape index (κ2) is 6.77. The van der Waals surface area contributed by atoms with Gasteiger partial charge in [-0.1, -0.05) is 30.3 Å². The summed E-state index contributed by atoms with van der Waals surface area (Å²) in [5.74, 6) is -1.02. The van der Waals surface area contributed by atoms with Crippen LogP contribution in [0.3, 0.4) is 0 Å². The monoisotopic (exact) mass is 363 g/mol. The zero-order valence-electron chi connectivity index (χ0n) is 13.4. The SMILES string of the molecule is O=C(NNC(=O)c1ccc2ccccc2n1)c1cc(-c2cccs2)[nH]n1. The molecule has 2 amide bonds. The maximum atomic E-state index is 12.2. The molecular weight excluding hydrogens is 350 g/mol. The van der Waals surface area contributed by atoms with E-state index in [1.807, 2.05) is 41.8 Å².